The summed E-state index contributed by atoms with van der Waals surface area (Å²) < 4.78 is 0. The molecule has 1 saturated carbocycles. The van der Waals surface area contributed by atoms with E-state index in [1.54, 1.807) is 18.0 Å². The van der Waals surface area contributed by atoms with Gasteiger partial charge >= 0.3 is 0 Å². The van der Waals surface area contributed by atoms with E-state index < -0.39 is 0 Å². The molecule has 2 fully saturated rings. The molecular weight excluding hydrogens is 318 g/mol. The third-order valence-corrected chi connectivity index (χ3v) is 5.51. The molecule has 1 aliphatic carbocycles. The highest BCUT2D eigenvalue weighted by Crippen LogP contribution is 2.32. The van der Waals surface area contributed by atoms with E-state index in [9.17, 15) is 14.7 Å². The van der Waals surface area contributed by atoms with Gasteiger partial charge in [0.15, 0.2) is 0 Å². The Hall–Kier alpha value is -1.95. The van der Waals surface area contributed by atoms with E-state index in [1.165, 1.54) is 0 Å². The van der Waals surface area contributed by atoms with Crippen LogP contribution in [0.2, 0.25) is 0 Å². The molecule has 1 atom stereocenters. The van der Waals surface area contributed by atoms with Crippen molar-refractivity contribution in [2.24, 2.45) is 11.8 Å². The van der Waals surface area contributed by atoms with Crippen molar-refractivity contribution in [3.05, 3.63) is 30.1 Å². The van der Waals surface area contributed by atoms with Gasteiger partial charge in [-0.1, -0.05) is 6.07 Å². The molecule has 6 nitrogen and oxygen atoms in total. The van der Waals surface area contributed by atoms with Crippen LogP contribution in [0.4, 0.5) is 0 Å². The van der Waals surface area contributed by atoms with Crippen LogP contribution in [0.1, 0.15) is 38.3 Å². The van der Waals surface area contributed by atoms with E-state index in [0.29, 0.717) is 25.4 Å². The number of likely N-dealkylation sites (tertiary alicyclic amines) is 1. The summed E-state index contributed by atoms with van der Waals surface area (Å²) in [5.74, 6) is 0.422. The number of aliphatic hydroxyl groups excluding tert-OH is 1. The summed E-state index contributed by atoms with van der Waals surface area (Å²) in [4.78, 5) is 30.3. The minimum atomic E-state index is -0.244. The van der Waals surface area contributed by atoms with E-state index in [1.807, 2.05) is 18.2 Å². The Morgan fingerprint density at radius 2 is 2.04 bits per heavy atom. The zero-order valence-corrected chi connectivity index (χ0v) is 14.7. The van der Waals surface area contributed by atoms with Crippen LogP contribution in [-0.4, -0.2) is 52.0 Å². The summed E-state index contributed by atoms with van der Waals surface area (Å²) >= 11 is 0. The predicted octanol–water partition coefficient (Wildman–Crippen LogP) is 1.14. The van der Waals surface area contributed by atoms with Gasteiger partial charge in [-0.15, -0.1) is 0 Å². The van der Waals surface area contributed by atoms with Crippen LogP contribution in [0.3, 0.4) is 0 Å². The van der Waals surface area contributed by atoms with Gasteiger partial charge in [0.2, 0.25) is 11.8 Å². The number of rotatable bonds is 5. The Kier molecular flexibility index (Phi) is 5.68. The average Bonchev–Trinajstić information content (AvgIpc) is 2.59. The lowest BCUT2D eigenvalue weighted by Crippen LogP contribution is -2.51. The largest absolute Gasteiger partial charge is 0.393 e. The Morgan fingerprint density at radius 3 is 2.60 bits per heavy atom. The highest BCUT2D eigenvalue weighted by Gasteiger charge is 2.36. The molecule has 0 aromatic carbocycles. The standard InChI is InChI=1S/C19H27N3O3/c1-13(23)22-8-5-14(6-9-22)19(25)21-18(15-10-17(24)11-15)12-16-4-2-3-7-20-16/h2-4,7,14-15,17-18,24H,5-6,8-12H2,1H3,(H,21,25)/t15?,17?,18-/m1/s1. The van der Waals surface area contributed by atoms with E-state index in [-0.39, 0.29) is 29.9 Å². The topological polar surface area (TPSA) is 82.5 Å². The maximum atomic E-state index is 12.7. The number of pyridine rings is 1. The van der Waals surface area contributed by atoms with Crippen LogP contribution in [0.15, 0.2) is 24.4 Å². The van der Waals surface area contributed by atoms with Crippen molar-refractivity contribution in [1.29, 1.82) is 0 Å². The number of aliphatic hydroxyl groups is 1. The molecule has 136 valence electrons. The van der Waals surface area contributed by atoms with E-state index in [2.05, 4.69) is 10.3 Å². The minimum absolute atomic E-state index is 0.0108. The first kappa shape index (κ1) is 17.9. The molecule has 2 amide bonds. The second-order valence-corrected chi connectivity index (χ2v) is 7.31. The quantitative estimate of drug-likeness (QED) is 0.838. The van der Waals surface area contributed by atoms with E-state index >= 15 is 0 Å². The third-order valence-electron chi connectivity index (χ3n) is 5.51. The summed E-state index contributed by atoms with van der Waals surface area (Å²) in [6.07, 6.45) is 5.12. The first-order valence-corrected chi connectivity index (χ1v) is 9.16. The number of hydrogen-bond acceptors (Lipinski definition) is 4. The first-order valence-electron chi connectivity index (χ1n) is 9.16. The molecule has 2 heterocycles. The maximum Gasteiger partial charge on any atom is 0.223 e. The Morgan fingerprint density at radius 1 is 1.32 bits per heavy atom. The smallest absolute Gasteiger partial charge is 0.223 e. The molecule has 2 N–H and O–H groups in total. The summed E-state index contributed by atoms with van der Waals surface area (Å²) in [5, 5.41) is 12.8. The van der Waals surface area contributed by atoms with Crippen molar-refractivity contribution >= 4 is 11.8 Å². The van der Waals surface area contributed by atoms with Crippen LogP contribution >= 0.6 is 0 Å². The number of carbonyl (C=O) groups is 2. The number of aromatic nitrogens is 1. The lowest BCUT2D eigenvalue weighted by Gasteiger charge is -2.39. The maximum absolute atomic E-state index is 12.7. The molecule has 25 heavy (non-hydrogen) atoms. The second kappa shape index (κ2) is 7.95. The third kappa shape index (κ3) is 4.57. The van der Waals surface area contributed by atoms with Crippen molar-refractivity contribution < 1.29 is 14.7 Å². The SMILES string of the molecule is CC(=O)N1CCC(C(=O)N[C@H](Cc2ccccn2)C2CC(O)C2)CC1. The molecular formula is C19H27N3O3. The second-order valence-electron chi connectivity index (χ2n) is 7.31. The van der Waals surface area contributed by atoms with Crippen LogP contribution in [0.25, 0.3) is 0 Å². The van der Waals surface area contributed by atoms with Crippen molar-refractivity contribution in [2.75, 3.05) is 13.1 Å². The number of nitrogens with zero attached hydrogens (tertiary/aromatic N) is 2. The molecule has 6 heteroatoms. The minimum Gasteiger partial charge on any atom is -0.393 e. The molecule has 1 aromatic heterocycles. The number of nitrogens with one attached hydrogen (secondary N) is 1. The zero-order chi connectivity index (χ0) is 17.8. The molecule has 1 aliphatic heterocycles. The molecule has 1 saturated heterocycles. The zero-order valence-electron chi connectivity index (χ0n) is 14.7. The van der Waals surface area contributed by atoms with E-state index in [0.717, 1.165) is 31.4 Å². The van der Waals surface area contributed by atoms with Crippen molar-refractivity contribution in [3.63, 3.8) is 0 Å². The Bertz CT molecular complexity index is 593. The van der Waals surface area contributed by atoms with Gasteiger partial charge in [-0.25, -0.2) is 0 Å². The monoisotopic (exact) mass is 345 g/mol. The van der Waals surface area contributed by atoms with Gasteiger partial charge in [0.05, 0.1) is 6.10 Å². The Balaban J connectivity index is 1.58. The van der Waals surface area contributed by atoms with Crippen LogP contribution in [0, 0.1) is 11.8 Å². The molecule has 2 aliphatic rings. The molecule has 0 spiro atoms. The molecule has 3 rings (SSSR count). The number of piperidine rings is 1. The van der Waals surface area contributed by atoms with Crippen molar-refractivity contribution in [1.82, 2.24) is 15.2 Å². The lowest BCUT2D eigenvalue weighted by molar-refractivity contribution is -0.134. The van der Waals surface area contributed by atoms with Crippen LogP contribution in [0.5, 0.6) is 0 Å². The van der Waals surface area contributed by atoms with Crippen LogP contribution in [-0.2, 0) is 16.0 Å². The highest BCUT2D eigenvalue weighted by molar-refractivity contribution is 5.80. The number of amides is 2. The first-order chi connectivity index (χ1) is 12.0. The fraction of sp³-hybridized carbons (Fsp3) is 0.632. The average molecular weight is 345 g/mol. The summed E-state index contributed by atoms with van der Waals surface area (Å²) in [6.45, 7) is 2.88. The number of hydrogen-bond donors (Lipinski definition) is 2. The van der Waals surface area contributed by atoms with Crippen molar-refractivity contribution in [3.8, 4) is 0 Å². The molecule has 1 aromatic rings. The van der Waals surface area contributed by atoms with Gasteiger partial charge < -0.3 is 15.3 Å². The lowest BCUT2D eigenvalue weighted by atomic mass is 9.75. The van der Waals surface area contributed by atoms with Crippen molar-refractivity contribution in [2.45, 2.75) is 51.2 Å². The fourth-order valence-electron chi connectivity index (χ4n) is 3.80. The molecule has 0 unspecified atom stereocenters. The van der Waals surface area contributed by atoms with Gasteiger partial charge in [-0.3, -0.25) is 14.6 Å². The van der Waals surface area contributed by atoms with Gasteiger partial charge in [-0.05, 0) is 43.7 Å². The fourth-order valence-corrected chi connectivity index (χ4v) is 3.80. The van der Waals surface area contributed by atoms with Gasteiger partial charge in [0.25, 0.3) is 0 Å². The number of carbonyl (C=O) groups excluding carboxylic acids is 2. The molecule has 0 bridgehead atoms. The van der Waals surface area contributed by atoms with Gasteiger partial charge in [0.1, 0.15) is 0 Å². The summed E-state index contributed by atoms with van der Waals surface area (Å²) in [6, 6.07) is 5.82. The Labute approximate surface area is 148 Å². The van der Waals surface area contributed by atoms with Crippen LogP contribution < -0.4 is 5.32 Å². The molecule has 0 radical (unpaired) electrons. The highest BCUT2D eigenvalue weighted by atomic mass is 16.3. The normalized spacial score (nSPS) is 25.1. The van der Waals surface area contributed by atoms with E-state index in [4.69, 9.17) is 0 Å². The van der Waals surface area contributed by atoms with Gasteiger partial charge in [0, 0.05) is 50.3 Å². The predicted molar refractivity (Wildman–Crippen MR) is 93.6 cm³/mol. The summed E-state index contributed by atoms with van der Waals surface area (Å²) in [7, 11) is 0. The van der Waals surface area contributed by atoms with Gasteiger partial charge in [-0.2, -0.15) is 0 Å². The summed E-state index contributed by atoms with van der Waals surface area (Å²) in [5.41, 5.74) is 0.959.